The van der Waals surface area contributed by atoms with Gasteiger partial charge in [0.05, 0.1) is 17.2 Å². The van der Waals surface area contributed by atoms with Crippen LogP contribution in [0.1, 0.15) is 13.8 Å². The minimum Gasteiger partial charge on any atom is -0.494 e. The fraction of sp³-hybridized carbons (Fsp3) is 0.190. The predicted octanol–water partition coefficient (Wildman–Crippen LogP) is 3.77. The highest BCUT2D eigenvalue weighted by Gasteiger charge is 2.40. The number of benzene rings is 3. The number of amides is 1. The molecule has 3 aromatic rings. The third-order valence-electron chi connectivity index (χ3n) is 4.78. The first kappa shape index (κ1) is 18.3. The maximum Gasteiger partial charge on any atom is 0.265 e. The molecule has 144 valence electrons. The molecule has 1 aliphatic rings. The van der Waals surface area contributed by atoms with Crippen molar-refractivity contribution >= 4 is 38.1 Å². The number of anilines is 2. The van der Waals surface area contributed by atoms with Crippen LogP contribution in [0.25, 0.3) is 10.8 Å². The van der Waals surface area contributed by atoms with Gasteiger partial charge in [-0.05, 0) is 55.6 Å². The van der Waals surface area contributed by atoms with Crippen LogP contribution in [0.5, 0.6) is 5.75 Å². The van der Waals surface area contributed by atoms with E-state index < -0.39 is 22.0 Å². The topological polar surface area (TPSA) is 75.7 Å². The van der Waals surface area contributed by atoms with Crippen LogP contribution in [-0.4, -0.2) is 27.0 Å². The zero-order valence-corrected chi connectivity index (χ0v) is 16.4. The van der Waals surface area contributed by atoms with Crippen molar-refractivity contribution < 1.29 is 17.9 Å². The Morgan fingerprint density at radius 2 is 1.75 bits per heavy atom. The molecule has 0 unspecified atom stereocenters. The monoisotopic (exact) mass is 396 g/mol. The fourth-order valence-electron chi connectivity index (χ4n) is 3.49. The smallest absolute Gasteiger partial charge is 0.265 e. The summed E-state index contributed by atoms with van der Waals surface area (Å²) in [5.41, 5.74) is 1.11. The first-order valence-corrected chi connectivity index (χ1v) is 10.5. The number of rotatable bonds is 5. The molecule has 1 atom stereocenters. The molecule has 1 N–H and O–H groups in total. The van der Waals surface area contributed by atoms with Gasteiger partial charge in [-0.25, -0.2) is 8.42 Å². The van der Waals surface area contributed by atoms with Crippen molar-refractivity contribution in [2.75, 3.05) is 16.2 Å². The average Bonchev–Trinajstić information content (AvgIpc) is 2.92. The summed E-state index contributed by atoms with van der Waals surface area (Å²) in [6, 6.07) is 16.6. The largest absolute Gasteiger partial charge is 0.494 e. The van der Waals surface area contributed by atoms with Crippen molar-refractivity contribution in [3.63, 3.8) is 0 Å². The van der Waals surface area contributed by atoms with Gasteiger partial charge in [0.2, 0.25) is 5.91 Å². The van der Waals surface area contributed by atoms with Gasteiger partial charge in [0.25, 0.3) is 10.0 Å². The summed E-state index contributed by atoms with van der Waals surface area (Å²) >= 11 is 0. The fourth-order valence-corrected chi connectivity index (χ4v) is 5.36. The number of ether oxygens (including phenoxy) is 1. The summed E-state index contributed by atoms with van der Waals surface area (Å²) in [5.74, 6) is 0.301. The molecule has 4 rings (SSSR count). The molecule has 0 radical (unpaired) electrons. The Balaban J connectivity index is 1.64. The number of hydrogen-bond donors (Lipinski definition) is 1. The average molecular weight is 396 g/mol. The minimum atomic E-state index is -3.80. The maximum atomic E-state index is 13.1. The van der Waals surface area contributed by atoms with Crippen molar-refractivity contribution in [3.05, 3.63) is 60.7 Å². The summed E-state index contributed by atoms with van der Waals surface area (Å²) in [4.78, 5) is 13.1. The van der Waals surface area contributed by atoms with Gasteiger partial charge in [-0.15, -0.1) is 0 Å². The molecule has 0 aromatic heterocycles. The van der Waals surface area contributed by atoms with Gasteiger partial charge in [-0.1, -0.05) is 24.3 Å². The second-order valence-corrected chi connectivity index (χ2v) is 8.34. The van der Waals surface area contributed by atoms with Crippen LogP contribution >= 0.6 is 0 Å². The van der Waals surface area contributed by atoms with E-state index in [4.69, 9.17) is 4.74 Å². The molecule has 0 spiro atoms. The summed E-state index contributed by atoms with van der Waals surface area (Å²) < 4.78 is 32.8. The lowest BCUT2D eigenvalue weighted by atomic mass is 10.1. The van der Waals surface area contributed by atoms with E-state index in [2.05, 4.69) is 5.32 Å². The normalized spacial score (nSPS) is 15.4. The lowest BCUT2D eigenvalue weighted by Gasteiger charge is -2.25. The molecule has 0 aliphatic carbocycles. The van der Waals surface area contributed by atoms with Crippen molar-refractivity contribution in [1.82, 2.24) is 0 Å². The molecule has 0 saturated heterocycles. The van der Waals surface area contributed by atoms with Gasteiger partial charge in [-0.2, -0.15) is 0 Å². The van der Waals surface area contributed by atoms with E-state index in [0.29, 0.717) is 29.1 Å². The summed E-state index contributed by atoms with van der Waals surface area (Å²) in [7, 11) is -3.80. The Bertz CT molecular complexity index is 1150. The highest BCUT2D eigenvalue weighted by Crippen LogP contribution is 2.43. The quantitative estimate of drug-likeness (QED) is 0.712. The van der Waals surface area contributed by atoms with Crippen LogP contribution in [0.15, 0.2) is 65.6 Å². The molecule has 0 saturated carbocycles. The van der Waals surface area contributed by atoms with E-state index in [9.17, 15) is 13.2 Å². The Kier molecular flexibility index (Phi) is 4.47. The molecule has 28 heavy (non-hydrogen) atoms. The Hall–Kier alpha value is -3.06. The molecule has 0 bridgehead atoms. The van der Waals surface area contributed by atoms with Crippen LogP contribution in [0, 0.1) is 0 Å². The maximum absolute atomic E-state index is 13.1. The lowest BCUT2D eigenvalue weighted by molar-refractivity contribution is -0.116. The number of nitrogens with one attached hydrogen (secondary N) is 1. The lowest BCUT2D eigenvalue weighted by Crippen LogP contribution is -2.43. The molecule has 7 heteroatoms. The van der Waals surface area contributed by atoms with E-state index in [1.54, 1.807) is 55.5 Å². The van der Waals surface area contributed by atoms with Crippen molar-refractivity contribution in [2.24, 2.45) is 0 Å². The second-order valence-electron chi connectivity index (χ2n) is 6.55. The number of carbonyl (C=O) groups is 1. The van der Waals surface area contributed by atoms with Gasteiger partial charge < -0.3 is 10.1 Å². The molecule has 6 nitrogen and oxygen atoms in total. The minimum absolute atomic E-state index is 0.237. The number of hydrogen-bond acceptors (Lipinski definition) is 4. The van der Waals surface area contributed by atoms with E-state index >= 15 is 0 Å². The predicted molar refractivity (Wildman–Crippen MR) is 109 cm³/mol. The zero-order chi connectivity index (χ0) is 19.9. The third kappa shape index (κ3) is 2.88. The van der Waals surface area contributed by atoms with Gasteiger partial charge >= 0.3 is 0 Å². The third-order valence-corrected chi connectivity index (χ3v) is 6.71. The van der Waals surface area contributed by atoms with E-state index in [0.717, 1.165) is 5.39 Å². The highest BCUT2D eigenvalue weighted by atomic mass is 32.2. The number of sulfonamides is 1. The van der Waals surface area contributed by atoms with Crippen LogP contribution in [0.3, 0.4) is 0 Å². The van der Waals surface area contributed by atoms with Gasteiger partial charge in [0.15, 0.2) is 0 Å². The second kappa shape index (κ2) is 6.83. The molecule has 0 fully saturated rings. The van der Waals surface area contributed by atoms with E-state index in [-0.39, 0.29) is 4.90 Å². The Morgan fingerprint density at radius 1 is 1.07 bits per heavy atom. The molecule has 1 aliphatic heterocycles. The molecule has 1 heterocycles. The standard InChI is InChI=1S/C21H20N2O4S/c1-3-27-17-12-10-16(11-13-17)22-21(24)14(2)23-18-8-4-6-15-7-5-9-19(20(15)18)28(23,25)26/h4-14H,3H2,1-2H3,(H,22,24)/t14-/m0/s1. The van der Waals surface area contributed by atoms with Crippen LogP contribution in [0.2, 0.25) is 0 Å². The summed E-state index contributed by atoms with van der Waals surface area (Å²) in [5, 5.41) is 4.28. The van der Waals surface area contributed by atoms with Crippen LogP contribution in [0.4, 0.5) is 11.4 Å². The Morgan fingerprint density at radius 3 is 2.43 bits per heavy atom. The number of carbonyl (C=O) groups excluding carboxylic acids is 1. The molecule has 1 amide bonds. The van der Waals surface area contributed by atoms with E-state index in [1.807, 2.05) is 19.1 Å². The van der Waals surface area contributed by atoms with Crippen molar-refractivity contribution in [2.45, 2.75) is 24.8 Å². The Labute approximate surface area is 163 Å². The number of nitrogens with zero attached hydrogens (tertiary/aromatic N) is 1. The first-order chi connectivity index (χ1) is 13.4. The highest BCUT2D eigenvalue weighted by molar-refractivity contribution is 7.93. The summed E-state index contributed by atoms with van der Waals surface area (Å²) in [6.45, 7) is 4.04. The van der Waals surface area contributed by atoms with Crippen molar-refractivity contribution in [3.8, 4) is 5.75 Å². The summed E-state index contributed by atoms with van der Waals surface area (Å²) in [6.07, 6.45) is 0. The van der Waals surface area contributed by atoms with Crippen LogP contribution in [-0.2, 0) is 14.8 Å². The molecule has 3 aromatic carbocycles. The zero-order valence-electron chi connectivity index (χ0n) is 15.5. The molecular formula is C21H20N2O4S. The SMILES string of the molecule is CCOc1ccc(NC(=O)[C@H](C)N2c3cccc4cccc(c34)S2(=O)=O)cc1. The van der Waals surface area contributed by atoms with Gasteiger partial charge in [0, 0.05) is 11.1 Å². The van der Waals surface area contributed by atoms with Gasteiger partial charge in [-0.3, -0.25) is 9.10 Å². The van der Waals surface area contributed by atoms with Crippen molar-refractivity contribution in [1.29, 1.82) is 0 Å². The van der Waals surface area contributed by atoms with E-state index in [1.165, 1.54) is 4.31 Å². The first-order valence-electron chi connectivity index (χ1n) is 9.03. The molecular weight excluding hydrogens is 376 g/mol. The van der Waals surface area contributed by atoms with Gasteiger partial charge in [0.1, 0.15) is 11.8 Å². The van der Waals surface area contributed by atoms with Crippen LogP contribution < -0.4 is 14.4 Å².